The standard InChI is InChI=1S/C15H23N2O10P/c1-8(2)26-12-9(6-25-28(22,23)7-11(19)20)27-14(13(12)24-3)17-5-4-10(18)16-15(17)21/h4-5,8-9,12-14H,6-7H2,1-3H3,(H,19,20)(H,22,23)(H,16,18,21)/t9-,12-,13-,14-/m1/s1. The smallest absolute Gasteiger partial charge is 0.339 e. The molecule has 0 radical (unpaired) electrons. The molecule has 5 atom stereocenters. The van der Waals surface area contributed by atoms with Crippen molar-refractivity contribution < 1.29 is 38.1 Å². The largest absolute Gasteiger partial charge is 0.481 e. The number of aromatic amines is 1. The quantitative estimate of drug-likeness (QED) is 0.443. The van der Waals surface area contributed by atoms with Crippen molar-refractivity contribution in [2.45, 2.75) is 44.5 Å². The number of carbonyl (C=O) groups is 1. The lowest BCUT2D eigenvalue weighted by molar-refractivity contribution is -0.134. The predicted molar refractivity (Wildman–Crippen MR) is 94.3 cm³/mol. The summed E-state index contributed by atoms with van der Waals surface area (Å²) in [5.74, 6) is -1.49. The van der Waals surface area contributed by atoms with Crippen LogP contribution in [0.2, 0.25) is 0 Å². The molecule has 0 spiro atoms. The van der Waals surface area contributed by atoms with Crippen LogP contribution in [-0.2, 0) is 28.1 Å². The fourth-order valence-electron chi connectivity index (χ4n) is 2.83. The number of hydrogen-bond donors (Lipinski definition) is 3. The Balaban J connectivity index is 2.28. The van der Waals surface area contributed by atoms with Crippen molar-refractivity contribution in [1.29, 1.82) is 0 Å². The maximum absolute atomic E-state index is 12.1. The van der Waals surface area contributed by atoms with E-state index >= 15 is 0 Å². The van der Waals surface area contributed by atoms with Crippen LogP contribution >= 0.6 is 7.60 Å². The Morgan fingerprint density at radius 1 is 1.39 bits per heavy atom. The predicted octanol–water partition coefficient (Wildman–Crippen LogP) is -0.471. The summed E-state index contributed by atoms with van der Waals surface area (Å²) in [5.41, 5.74) is -1.32. The molecule has 2 heterocycles. The van der Waals surface area contributed by atoms with Crippen molar-refractivity contribution in [1.82, 2.24) is 9.55 Å². The molecule has 2 rings (SSSR count). The lowest BCUT2D eigenvalue weighted by atomic mass is 10.1. The van der Waals surface area contributed by atoms with E-state index in [9.17, 15) is 23.8 Å². The van der Waals surface area contributed by atoms with E-state index in [4.69, 9.17) is 23.8 Å². The van der Waals surface area contributed by atoms with E-state index in [1.807, 2.05) is 0 Å². The normalized spacial score (nSPS) is 27.0. The number of nitrogens with one attached hydrogen (secondary N) is 1. The monoisotopic (exact) mass is 422 g/mol. The fourth-order valence-corrected chi connectivity index (χ4v) is 3.64. The molecule has 1 fully saturated rings. The number of hydrogen-bond acceptors (Lipinski definition) is 8. The van der Waals surface area contributed by atoms with E-state index in [-0.39, 0.29) is 6.10 Å². The number of carboxylic acids is 1. The Labute approximate surface area is 159 Å². The van der Waals surface area contributed by atoms with Crippen LogP contribution in [0.1, 0.15) is 20.1 Å². The minimum Gasteiger partial charge on any atom is -0.481 e. The van der Waals surface area contributed by atoms with Crippen LogP contribution in [0.4, 0.5) is 0 Å². The number of carboxylic acid groups (broad SMARTS) is 1. The lowest BCUT2D eigenvalue weighted by Crippen LogP contribution is -2.41. The number of aliphatic carboxylic acids is 1. The van der Waals surface area contributed by atoms with Crippen molar-refractivity contribution >= 4 is 13.6 Å². The van der Waals surface area contributed by atoms with Crippen LogP contribution in [0, 0.1) is 0 Å². The second-order valence-corrected chi connectivity index (χ2v) is 8.27. The van der Waals surface area contributed by atoms with Gasteiger partial charge in [0.25, 0.3) is 5.56 Å². The summed E-state index contributed by atoms with van der Waals surface area (Å²) < 4.78 is 34.8. The van der Waals surface area contributed by atoms with Crippen molar-refractivity contribution in [3.63, 3.8) is 0 Å². The average molecular weight is 422 g/mol. The van der Waals surface area contributed by atoms with Gasteiger partial charge < -0.3 is 28.7 Å². The Bertz CT molecular complexity index is 850. The van der Waals surface area contributed by atoms with E-state index in [1.165, 1.54) is 13.3 Å². The fraction of sp³-hybridized carbons (Fsp3) is 0.667. The summed E-state index contributed by atoms with van der Waals surface area (Å²) in [6, 6.07) is 1.13. The van der Waals surface area contributed by atoms with Crippen molar-refractivity contribution in [2.75, 3.05) is 19.9 Å². The highest BCUT2D eigenvalue weighted by molar-refractivity contribution is 7.53. The number of methoxy groups -OCH3 is 1. The number of ether oxygens (including phenoxy) is 3. The van der Waals surface area contributed by atoms with Gasteiger partial charge in [-0.25, -0.2) is 4.79 Å². The lowest BCUT2D eigenvalue weighted by Gasteiger charge is -2.25. The summed E-state index contributed by atoms with van der Waals surface area (Å²) in [7, 11) is -3.02. The van der Waals surface area contributed by atoms with Gasteiger partial charge in [-0.05, 0) is 13.8 Å². The topological polar surface area (TPSA) is 166 Å². The molecule has 1 aromatic rings. The highest BCUT2D eigenvalue weighted by atomic mass is 31.2. The number of H-pyrrole nitrogens is 1. The Hall–Kier alpha value is -1.82. The average Bonchev–Trinajstić information content (AvgIpc) is 2.88. The van der Waals surface area contributed by atoms with Crippen LogP contribution < -0.4 is 11.2 Å². The molecule has 1 aromatic heterocycles. The summed E-state index contributed by atoms with van der Waals surface area (Å²) in [6.45, 7) is 3.05. The molecule has 158 valence electrons. The SMILES string of the molecule is CO[C@@H]1[C@H](OC(C)C)[C@@H](COP(=O)(O)CC(=O)O)O[C@H]1n1ccc(=O)[nH]c1=O. The highest BCUT2D eigenvalue weighted by Gasteiger charge is 2.48. The van der Waals surface area contributed by atoms with E-state index in [0.29, 0.717) is 0 Å². The summed E-state index contributed by atoms with van der Waals surface area (Å²) in [4.78, 5) is 45.8. The van der Waals surface area contributed by atoms with E-state index in [0.717, 1.165) is 10.6 Å². The molecule has 1 aliphatic rings. The molecule has 28 heavy (non-hydrogen) atoms. The zero-order chi connectivity index (χ0) is 21.1. The van der Waals surface area contributed by atoms with Gasteiger partial charge in [0.05, 0.1) is 12.7 Å². The van der Waals surface area contributed by atoms with Crippen LogP contribution in [0.15, 0.2) is 21.9 Å². The summed E-state index contributed by atoms with van der Waals surface area (Å²) in [5, 5.41) is 8.68. The van der Waals surface area contributed by atoms with Crippen molar-refractivity contribution in [3.8, 4) is 0 Å². The molecule has 0 aliphatic carbocycles. The maximum atomic E-state index is 12.1. The molecule has 12 nitrogen and oxygen atoms in total. The summed E-state index contributed by atoms with van der Waals surface area (Å²) >= 11 is 0. The van der Waals surface area contributed by atoms with Gasteiger partial charge in [0, 0.05) is 19.4 Å². The molecule has 1 aliphatic heterocycles. The Morgan fingerprint density at radius 2 is 2.07 bits per heavy atom. The van der Waals surface area contributed by atoms with Crippen LogP contribution in [0.5, 0.6) is 0 Å². The van der Waals surface area contributed by atoms with E-state index in [1.54, 1.807) is 13.8 Å². The van der Waals surface area contributed by atoms with Crippen LogP contribution in [0.25, 0.3) is 0 Å². The van der Waals surface area contributed by atoms with Gasteiger partial charge in [0.2, 0.25) is 0 Å². The third-order valence-corrected chi connectivity index (χ3v) is 5.11. The minimum atomic E-state index is -4.39. The third kappa shape index (κ3) is 5.60. The van der Waals surface area contributed by atoms with Gasteiger partial charge >= 0.3 is 19.3 Å². The van der Waals surface area contributed by atoms with Gasteiger partial charge in [-0.2, -0.15) is 0 Å². The summed E-state index contributed by atoms with van der Waals surface area (Å²) in [6.07, 6.45) is -3.66. The first-order valence-electron chi connectivity index (χ1n) is 8.37. The van der Waals surface area contributed by atoms with Gasteiger partial charge in [-0.1, -0.05) is 0 Å². The highest BCUT2D eigenvalue weighted by Crippen LogP contribution is 2.43. The number of aromatic nitrogens is 2. The molecular formula is C15H23N2O10P. The Kier molecular flexibility index (Phi) is 7.32. The molecule has 13 heteroatoms. The number of nitrogens with zero attached hydrogens (tertiary/aromatic N) is 1. The van der Waals surface area contributed by atoms with Gasteiger partial charge in [-0.15, -0.1) is 0 Å². The molecule has 0 saturated carbocycles. The van der Waals surface area contributed by atoms with Gasteiger partial charge in [-0.3, -0.25) is 23.7 Å². The molecule has 3 N–H and O–H groups in total. The van der Waals surface area contributed by atoms with E-state index < -0.39 is 62.1 Å². The van der Waals surface area contributed by atoms with E-state index in [2.05, 4.69) is 4.98 Å². The second kappa shape index (κ2) is 9.12. The molecular weight excluding hydrogens is 399 g/mol. The molecule has 0 bridgehead atoms. The maximum Gasteiger partial charge on any atom is 0.339 e. The number of rotatable bonds is 9. The van der Waals surface area contributed by atoms with Gasteiger partial charge in [0.1, 0.15) is 24.5 Å². The molecule has 0 amide bonds. The zero-order valence-corrected chi connectivity index (χ0v) is 16.4. The zero-order valence-electron chi connectivity index (χ0n) is 15.5. The first-order valence-corrected chi connectivity index (χ1v) is 10.1. The first kappa shape index (κ1) is 22.5. The minimum absolute atomic E-state index is 0.278. The van der Waals surface area contributed by atoms with Crippen LogP contribution in [0.3, 0.4) is 0 Å². The van der Waals surface area contributed by atoms with Crippen LogP contribution in [-0.4, -0.2) is 69.8 Å². The van der Waals surface area contributed by atoms with Gasteiger partial charge in [0.15, 0.2) is 6.23 Å². The second-order valence-electron chi connectivity index (χ2n) is 6.42. The molecule has 1 saturated heterocycles. The first-order chi connectivity index (χ1) is 13.0. The molecule has 0 aromatic carbocycles. The van der Waals surface area contributed by atoms with Crippen molar-refractivity contribution in [3.05, 3.63) is 33.1 Å². The Morgan fingerprint density at radius 3 is 2.61 bits per heavy atom. The van der Waals surface area contributed by atoms with Crippen molar-refractivity contribution in [2.24, 2.45) is 0 Å². The molecule has 1 unspecified atom stereocenters. The third-order valence-electron chi connectivity index (χ3n) is 3.89.